The number of amides is 1. The summed E-state index contributed by atoms with van der Waals surface area (Å²) in [7, 11) is 0. The van der Waals surface area contributed by atoms with Crippen molar-refractivity contribution in [2.75, 3.05) is 11.9 Å². The van der Waals surface area contributed by atoms with Crippen LogP contribution in [-0.4, -0.2) is 17.5 Å². The number of hydrogen-bond donors (Lipinski definition) is 1. The summed E-state index contributed by atoms with van der Waals surface area (Å²) in [6, 6.07) is 12.1. The normalized spacial score (nSPS) is 10.7. The average Bonchev–Trinajstić information content (AvgIpc) is 2.90. The number of hydrogen-bond acceptors (Lipinski definition) is 4. The van der Waals surface area contributed by atoms with E-state index in [9.17, 15) is 9.18 Å². The standard InChI is InChI=1S/C17H15FN2O2S/c1-11-6-7-13-15(10-11)23-17(19-13)20-16(21)8-9-22-14-5-3-2-4-12(14)18/h2-7,10H,8-9H2,1H3,(H,19,20,21). The lowest BCUT2D eigenvalue weighted by molar-refractivity contribution is -0.116. The average molecular weight is 330 g/mol. The van der Waals surface area contributed by atoms with Crippen LogP contribution in [0.15, 0.2) is 42.5 Å². The largest absolute Gasteiger partial charge is 0.490 e. The first-order valence-corrected chi connectivity index (χ1v) is 7.98. The van der Waals surface area contributed by atoms with Gasteiger partial charge in [0.2, 0.25) is 5.91 Å². The van der Waals surface area contributed by atoms with Gasteiger partial charge in [-0.05, 0) is 36.8 Å². The van der Waals surface area contributed by atoms with Crippen molar-refractivity contribution in [3.05, 3.63) is 53.8 Å². The Hall–Kier alpha value is -2.47. The number of halogens is 1. The monoisotopic (exact) mass is 330 g/mol. The molecule has 23 heavy (non-hydrogen) atoms. The highest BCUT2D eigenvalue weighted by Crippen LogP contribution is 2.26. The Morgan fingerprint density at radius 2 is 2.13 bits per heavy atom. The van der Waals surface area contributed by atoms with Crippen LogP contribution in [0.1, 0.15) is 12.0 Å². The molecular formula is C17H15FN2O2S. The molecular weight excluding hydrogens is 315 g/mol. The van der Waals surface area contributed by atoms with E-state index in [1.807, 2.05) is 25.1 Å². The third-order valence-electron chi connectivity index (χ3n) is 3.21. The number of thiazole rings is 1. The van der Waals surface area contributed by atoms with Crippen molar-refractivity contribution < 1.29 is 13.9 Å². The number of nitrogens with zero attached hydrogens (tertiary/aromatic N) is 1. The number of fused-ring (bicyclic) bond motifs is 1. The van der Waals surface area contributed by atoms with E-state index >= 15 is 0 Å². The Morgan fingerprint density at radius 1 is 1.30 bits per heavy atom. The minimum absolute atomic E-state index is 0.108. The number of carbonyl (C=O) groups is 1. The van der Waals surface area contributed by atoms with Crippen molar-refractivity contribution >= 4 is 32.6 Å². The van der Waals surface area contributed by atoms with Crippen molar-refractivity contribution in [1.29, 1.82) is 0 Å². The van der Waals surface area contributed by atoms with Gasteiger partial charge in [-0.2, -0.15) is 0 Å². The summed E-state index contributed by atoms with van der Waals surface area (Å²) in [5.74, 6) is -0.498. The lowest BCUT2D eigenvalue weighted by Crippen LogP contribution is -2.15. The number of para-hydroxylation sites is 1. The van der Waals surface area contributed by atoms with Crippen molar-refractivity contribution in [3.63, 3.8) is 0 Å². The predicted molar refractivity (Wildman–Crippen MR) is 89.5 cm³/mol. The summed E-state index contributed by atoms with van der Waals surface area (Å²) < 4.78 is 19.7. The van der Waals surface area contributed by atoms with Crippen LogP contribution in [-0.2, 0) is 4.79 Å². The van der Waals surface area contributed by atoms with Crippen LogP contribution in [0.5, 0.6) is 5.75 Å². The summed E-state index contributed by atoms with van der Waals surface area (Å²) in [6.45, 7) is 2.12. The van der Waals surface area contributed by atoms with E-state index in [0.29, 0.717) is 5.13 Å². The van der Waals surface area contributed by atoms with Crippen LogP contribution >= 0.6 is 11.3 Å². The number of aryl methyl sites for hydroxylation is 1. The van der Waals surface area contributed by atoms with E-state index in [1.54, 1.807) is 12.1 Å². The highest BCUT2D eigenvalue weighted by molar-refractivity contribution is 7.22. The first kappa shape index (κ1) is 15.4. The summed E-state index contributed by atoms with van der Waals surface area (Å²) in [5, 5.41) is 3.30. The second kappa shape index (κ2) is 6.75. The number of benzene rings is 2. The molecule has 0 saturated heterocycles. The first-order valence-electron chi connectivity index (χ1n) is 7.16. The molecule has 0 aliphatic carbocycles. The van der Waals surface area contributed by atoms with Crippen LogP contribution in [0.3, 0.4) is 0 Å². The van der Waals surface area contributed by atoms with Crippen LogP contribution < -0.4 is 10.1 Å². The van der Waals surface area contributed by atoms with Crippen LogP contribution in [0.4, 0.5) is 9.52 Å². The molecule has 0 radical (unpaired) electrons. The van der Waals surface area contributed by atoms with E-state index < -0.39 is 5.82 Å². The van der Waals surface area contributed by atoms with Crippen molar-refractivity contribution in [1.82, 2.24) is 4.98 Å². The highest BCUT2D eigenvalue weighted by Gasteiger charge is 2.09. The molecule has 1 aromatic heterocycles. The Balaban J connectivity index is 1.55. The quantitative estimate of drug-likeness (QED) is 0.764. The predicted octanol–water partition coefficient (Wildman–Crippen LogP) is 4.15. The molecule has 0 spiro atoms. The maximum Gasteiger partial charge on any atom is 0.229 e. The summed E-state index contributed by atoms with van der Waals surface area (Å²) >= 11 is 1.43. The fourth-order valence-corrected chi connectivity index (χ4v) is 3.06. The van der Waals surface area contributed by atoms with Gasteiger partial charge >= 0.3 is 0 Å². The number of ether oxygens (including phenoxy) is 1. The molecule has 6 heteroatoms. The molecule has 0 atom stereocenters. The molecule has 1 heterocycles. The molecule has 4 nitrogen and oxygen atoms in total. The van der Waals surface area contributed by atoms with Crippen LogP contribution in [0, 0.1) is 12.7 Å². The van der Waals surface area contributed by atoms with Gasteiger partial charge in [-0.1, -0.05) is 29.5 Å². The maximum absolute atomic E-state index is 13.4. The van der Waals surface area contributed by atoms with Gasteiger partial charge in [-0.15, -0.1) is 0 Å². The topological polar surface area (TPSA) is 51.2 Å². The molecule has 0 fully saturated rings. The molecule has 3 rings (SSSR count). The molecule has 0 aliphatic rings. The molecule has 3 aromatic rings. The van der Waals surface area contributed by atoms with Crippen molar-refractivity contribution in [2.24, 2.45) is 0 Å². The van der Waals surface area contributed by atoms with Gasteiger partial charge in [0.1, 0.15) is 0 Å². The molecule has 0 saturated carbocycles. The van der Waals surface area contributed by atoms with Crippen LogP contribution in [0.25, 0.3) is 10.2 Å². The molecule has 1 N–H and O–H groups in total. The van der Waals surface area contributed by atoms with Gasteiger partial charge in [0, 0.05) is 0 Å². The number of carbonyl (C=O) groups excluding carboxylic acids is 1. The van der Waals surface area contributed by atoms with Gasteiger partial charge < -0.3 is 10.1 Å². The number of aromatic nitrogens is 1. The number of rotatable bonds is 5. The Labute approximate surface area is 136 Å². The van der Waals surface area contributed by atoms with E-state index in [1.165, 1.54) is 23.5 Å². The van der Waals surface area contributed by atoms with Gasteiger partial charge in [0.15, 0.2) is 16.7 Å². The fourth-order valence-electron chi connectivity index (χ4n) is 2.08. The Morgan fingerprint density at radius 3 is 2.96 bits per heavy atom. The third-order valence-corrected chi connectivity index (χ3v) is 4.15. The van der Waals surface area contributed by atoms with Gasteiger partial charge in [-0.25, -0.2) is 9.37 Å². The van der Waals surface area contributed by atoms with Gasteiger partial charge in [0.05, 0.1) is 23.2 Å². The third kappa shape index (κ3) is 3.84. The zero-order valence-corrected chi connectivity index (χ0v) is 13.3. The molecule has 0 unspecified atom stereocenters. The fraction of sp³-hybridized carbons (Fsp3) is 0.176. The van der Waals surface area contributed by atoms with E-state index in [2.05, 4.69) is 10.3 Å². The zero-order chi connectivity index (χ0) is 16.2. The second-order valence-corrected chi connectivity index (χ2v) is 6.10. The minimum Gasteiger partial charge on any atom is -0.490 e. The van der Waals surface area contributed by atoms with Gasteiger partial charge in [0.25, 0.3) is 0 Å². The lowest BCUT2D eigenvalue weighted by Gasteiger charge is -2.06. The van der Waals surface area contributed by atoms with Gasteiger partial charge in [-0.3, -0.25) is 4.79 Å². The van der Waals surface area contributed by atoms with E-state index in [0.717, 1.165) is 15.8 Å². The molecule has 0 aliphatic heterocycles. The Bertz CT molecular complexity index is 847. The smallest absolute Gasteiger partial charge is 0.229 e. The molecule has 1 amide bonds. The summed E-state index contributed by atoms with van der Waals surface area (Å²) in [4.78, 5) is 16.3. The van der Waals surface area contributed by atoms with E-state index in [4.69, 9.17) is 4.74 Å². The van der Waals surface area contributed by atoms with Crippen LogP contribution in [0.2, 0.25) is 0 Å². The lowest BCUT2D eigenvalue weighted by atomic mass is 10.2. The second-order valence-electron chi connectivity index (χ2n) is 5.07. The zero-order valence-electron chi connectivity index (χ0n) is 12.5. The number of nitrogens with one attached hydrogen (secondary N) is 1. The van der Waals surface area contributed by atoms with Crippen molar-refractivity contribution in [2.45, 2.75) is 13.3 Å². The molecule has 118 valence electrons. The summed E-state index contributed by atoms with van der Waals surface area (Å²) in [5.41, 5.74) is 2.01. The number of anilines is 1. The first-order chi connectivity index (χ1) is 11.1. The minimum atomic E-state index is -0.436. The molecule has 0 bridgehead atoms. The van der Waals surface area contributed by atoms with Crippen molar-refractivity contribution in [3.8, 4) is 5.75 Å². The van der Waals surface area contributed by atoms with E-state index in [-0.39, 0.29) is 24.7 Å². The molecule has 2 aromatic carbocycles. The summed E-state index contributed by atoms with van der Waals surface area (Å²) in [6.07, 6.45) is 0.128. The SMILES string of the molecule is Cc1ccc2nc(NC(=O)CCOc3ccccc3F)sc2c1. The highest BCUT2D eigenvalue weighted by atomic mass is 32.1. The Kier molecular flexibility index (Phi) is 4.52. The maximum atomic E-state index is 13.4.